The van der Waals surface area contributed by atoms with E-state index in [1.807, 2.05) is 13.8 Å². The Morgan fingerprint density at radius 2 is 1.79 bits per heavy atom. The van der Waals surface area contributed by atoms with Gasteiger partial charge in [0.15, 0.2) is 11.5 Å². The first-order valence-electron chi connectivity index (χ1n) is 11.1. The van der Waals surface area contributed by atoms with Gasteiger partial charge in [-0.15, -0.1) is 0 Å². The van der Waals surface area contributed by atoms with E-state index in [1.54, 1.807) is 30.3 Å². The highest BCUT2D eigenvalue weighted by atomic mass is 16.6. The number of aliphatic hydroxyl groups is 1. The van der Waals surface area contributed by atoms with Gasteiger partial charge in [-0.3, -0.25) is 9.59 Å². The lowest BCUT2D eigenvalue weighted by molar-refractivity contribution is -0.140. The van der Waals surface area contributed by atoms with Crippen LogP contribution in [0.15, 0.2) is 48.0 Å². The van der Waals surface area contributed by atoms with Gasteiger partial charge in [-0.2, -0.15) is 0 Å². The van der Waals surface area contributed by atoms with Crippen LogP contribution in [0, 0.1) is 0 Å². The molecule has 0 saturated carbocycles. The maximum Gasteiger partial charge on any atom is 0.295 e. The van der Waals surface area contributed by atoms with Crippen LogP contribution < -0.4 is 9.47 Å². The second-order valence-corrected chi connectivity index (χ2v) is 7.97. The van der Waals surface area contributed by atoms with Gasteiger partial charge in [0.05, 0.1) is 11.6 Å². The largest absolute Gasteiger partial charge is 0.508 e. The first kappa shape index (κ1) is 22.7. The van der Waals surface area contributed by atoms with Crippen molar-refractivity contribution in [3.63, 3.8) is 0 Å². The van der Waals surface area contributed by atoms with E-state index < -0.39 is 17.7 Å². The normalized spacial score (nSPS) is 19.4. The third-order valence-corrected chi connectivity index (χ3v) is 6.09. The summed E-state index contributed by atoms with van der Waals surface area (Å²) in [7, 11) is 0. The number of phenolic OH excluding ortho intramolecular Hbond substituents is 1. The number of hydrogen-bond acceptors (Lipinski definition) is 7. The molecule has 2 aliphatic heterocycles. The Bertz CT molecular complexity index is 1090. The third-order valence-electron chi connectivity index (χ3n) is 6.09. The molecular formula is C25H28N2O6. The SMILES string of the molecule is CCN(CC)CCN1C(=O)C(=O)/C(=C(\O)c2ccc3c(c2)OCCO3)C1c1cccc(O)c1. The van der Waals surface area contributed by atoms with E-state index in [0.29, 0.717) is 48.9 Å². The third kappa shape index (κ3) is 4.39. The highest BCUT2D eigenvalue weighted by molar-refractivity contribution is 6.46. The molecule has 4 rings (SSSR count). The molecule has 0 radical (unpaired) electrons. The van der Waals surface area contributed by atoms with Gasteiger partial charge in [0.2, 0.25) is 0 Å². The lowest BCUT2D eigenvalue weighted by Gasteiger charge is -2.28. The number of ketones is 1. The van der Waals surface area contributed by atoms with Gasteiger partial charge in [0.1, 0.15) is 24.7 Å². The quantitative estimate of drug-likeness (QED) is 0.379. The van der Waals surface area contributed by atoms with Crippen molar-refractivity contribution in [2.75, 3.05) is 39.4 Å². The van der Waals surface area contributed by atoms with Crippen LogP contribution in [-0.4, -0.2) is 71.1 Å². The molecule has 0 aromatic heterocycles. The average molecular weight is 453 g/mol. The minimum Gasteiger partial charge on any atom is -0.508 e. The van der Waals surface area contributed by atoms with Crippen molar-refractivity contribution in [3.8, 4) is 17.2 Å². The Labute approximate surface area is 192 Å². The highest BCUT2D eigenvalue weighted by Crippen LogP contribution is 2.41. The summed E-state index contributed by atoms with van der Waals surface area (Å²) in [5, 5.41) is 21.3. The summed E-state index contributed by atoms with van der Waals surface area (Å²) < 4.78 is 11.1. The summed E-state index contributed by atoms with van der Waals surface area (Å²) in [6.07, 6.45) is 0. The summed E-state index contributed by atoms with van der Waals surface area (Å²) in [5.41, 5.74) is 0.890. The number of fused-ring (bicyclic) bond motifs is 1. The van der Waals surface area contributed by atoms with Gasteiger partial charge in [-0.1, -0.05) is 26.0 Å². The summed E-state index contributed by atoms with van der Waals surface area (Å²) in [6.45, 7) is 7.41. The number of nitrogens with zero attached hydrogens (tertiary/aromatic N) is 2. The number of likely N-dealkylation sites (N-methyl/N-ethyl adjacent to an activating group) is 1. The van der Waals surface area contributed by atoms with Gasteiger partial charge in [-0.05, 0) is 49.0 Å². The smallest absolute Gasteiger partial charge is 0.295 e. The van der Waals surface area contributed by atoms with E-state index in [4.69, 9.17) is 9.47 Å². The molecule has 1 saturated heterocycles. The van der Waals surface area contributed by atoms with Crippen LogP contribution in [0.3, 0.4) is 0 Å². The van der Waals surface area contributed by atoms with Crippen LogP contribution in [0.4, 0.5) is 0 Å². The topological polar surface area (TPSA) is 99.5 Å². The second-order valence-electron chi connectivity index (χ2n) is 7.97. The number of ether oxygens (including phenoxy) is 2. The number of likely N-dealkylation sites (tertiary alicyclic amines) is 1. The van der Waals surface area contributed by atoms with Gasteiger partial charge >= 0.3 is 0 Å². The van der Waals surface area contributed by atoms with E-state index >= 15 is 0 Å². The van der Waals surface area contributed by atoms with Crippen molar-refractivity contribution in [2.45, 2.75) is 19.9 Å². The highest BCUT2D eigenvalue weighted by Gasteiger charge is 2.46. The number of Topliss-reactive ketones (excluding diaryl/α,β-unsaturated/α-hetero) is 1. The Morgan fingerprint density at radius 3 is 2.48 bits per heavy atom. The van der Waals surface area contributed by atoms with Crippen LogP contribution in [0.1, 0.15) is 31.0 Å². The molecular weight excluding hydrogens is 424 g/mol. The molecule has 2 aromatic rings. The van der Waals surface area contributed by atoms with E-state index in [2.05, 4.69) is 4.90 Å². The minimum absolute atomic E-state index is 0.0122. The van der Waals surface area contributed by atoms with Crippen molar-refractivity contribution in [1.29, 1.82) is 0 Å². The van der Waals surface area contributed by atoms with Crippen LogP contribution in [0.5, 0.6) is 17.2 Å². The van der Waals surface area contributed by atoms with E-state index in [0.717, 1.165) is 13.1 Å². The molecule has 0 bridgehead atoms. The zero-order valence-corrected chi connectivity index (χ0v) is 18.8. The Balaban J connectivity index is 1.79. The fourth-order valence-electron chi connectivity index (χ4n) is 4.29. The Morgan fingerprint density at radius 1 is 1.06 bits per heavy atom. The van der Waals surface area contributed by atoms with Crippen molar-refractivity contribution < 1.29 is 29.3 Å². The first-order chi connectivity index (χ1) is 15.9. The molecule has 1 atom stereocenters. The molecule has 2 aromatic carbocycles. The monoisotopic (exact) mass is 452 g/mol. The minimum atomic E-state index is -0.819. The van der Waals surface area contributed by atoms with Crippen LogP contribution in [-0.2, 0) is 9.59 Å². The summed E-state index contributed by atoms with van der Waals surface area (Å²) in [4.78, 5) is 29.8. The number of hydrogen-bond donors (Lipinski definition) is 2. The number of carbonyl (C=O) groups is 2. The Kier molecular flexibility index (Phi) is 6.55. The summed E-state index contributed by atoms with van der Waals surface area (Å²) in [5.74, 6) is -0.674. The van der Waals surface area contributed by atoms with Crippen LogP contribution in [0.25, 0.3) is 5.76 Å². The zero-order chi connectivity index (χ0) is 23.5. The number of carbonyl (C=O) groups excluding carboxylic acids is 2. The maximum atomic E-state index is 13.1. The molecule has 2 N–H and O–H groups in total. The van der Waals surface area contributed by atoms with Gasteiger partial charge < -0.3 is 29.5 Å². The number of aliphatic hydroxyl groups excluding tert-OH is 1. The predicted molar refractivity (Wildman–Crippen MR) is 122 cm³/mol. The molecule has 174 valence electrons. The molecule has 33 heavy (non-hydrogen) atoms. The zero-order valence-electron chi connectivity index (χ0n) is 18.8. The van der Waals surface area contributed by atoms with E-state index in [1.165, 1.54) is 17.0 Å². The summed E-state index contributed by atoms with van der Waals surface area (Å²) in [6, 6.07) is 10.5. The first-order valence-corrected chi connectivity index (χ1v) is 11.1. The molecule has 8 nitrogen and oxygen atoms in total. The number of aromatic hydroxyl groups is 1. The number of amides is 1. The van der Waals surface area contributed by atoms with Crippen molar-refractivity contribution in [3.05, 3.63) is 59.2 Å². The van der Waals surface area contributed by atoms with E-state index in [-0.39, 0.29) is 17.1 Å². The lowest BCUT2D eigenvalue weighted by atomic mass is 9.95. The second kappa shape index (κ2) is 9.54. The number of phenols is 1. The van der Waals surface area contributed by atoms with Crippen molar-refractivity contribution in [1.82, 2.24) is 9.80 Å². The van der Waals surface area contributed by atoms with E-state index in [9.17, 15) is 19.8 Å². The molecule has 1 unspecified atom stereocenters. The molecule has 1 amide bonds. The van der Waals surface area contributed by atoms with Gasteiger partial charge in [-0.25, -0.2) is 0 Å². The van der Waals surface area contributed by atoms with Crippen molar-refractivity contribution >= 4 is 17.4 Å². The molecule has 2 aliphatic rings. The molecule has 1 fully saturated rings. The fraction of sp³-hybridized carbons (Fsp3) is 0.360. The van der Waals surface area contributed by atoms with Crippen LogP contribution >= 0.6 is 0 Å². The van der Waals surface area contributed by atoms with Crippen LogP contribution in [0.2, 0.25) is 0 Å². The molecule has 0 aliphatic carbocycles. The number of rotatable bonds is 7. The van der Waals surface area contributed by atoms with Crippen molar-refractivity contribution in [2.24, 2.45) is 0 Å². The molecule has 8 heteroatoms. The standard InChI is InChI=1S/C25H28N2O6/c1-3-26(4-2)10-11-27-22(16-6-5-7-18(28)14-16)21(24(30)25(27)31)23(29)17-8-9-19-20(15-17)33-13-12-32-19/h5-9,14-15,22,28-29H,3-4,10-13H2,1-2H3/b23-21-. The molecule has 2 heterocycles. The average Bonchev–Trinajstić information content (AvgIpc) is 3.09. The number of benzene rings is 2. The molecule has 0 spiro atoms. The predicted octanol–water partition coefficient (Wildman–Crippen LogP) is 2.93. The Hall–Kier alpha value is -3.52. The lowest BCUT2D eigenvalue weighted by Crippen LogP contribution is -2.38. The van der Waals surface area contributed by atoms with Gasteiger partial charge in [0, 0.05) is 18.7 Å². The summed E-state index contributed by atoms with van der Waals surface area (Å²) >= 11 is 0. The maximum absolute atomic E-state index is 13.1. The fourth-order valence-corrected chi connectivity index (χ4v) is 4.29. The van der Waals surface area contributed by atoms with Gasteiger partial charge in [0.25, 0.3) is 11.7 Å².